The first kappa shape index (κ1) is 12.4. The second-order valence-corrected chi connectivity index (χ2v) is 4.59. The van der Waals surface area contributed by atoms with E-state index in [9.17, 15) is 9.90 Å². The molecular weight excluding hydrogens is 254 g/mol. The summed E-state index contributed by atoms with van der Waals surface area (Å²) in [7, 11) is 0. The first-order valence-electron chi connectivity index (χ1n) is 6.24. The maximum atomic E-state index is 11.8. The minimum atomic E-state index is -0.230. The number of aliphatic hydroxyl groups is 1. The van der Waals surface area contributed by atoms with E-state index >= 15 is 0 Å². The summed E-state index contributed by atoms with van der Waals surface area (Å²) in [6.45, 7) is -0.0160. The minimum absolute atomic E-state index is 0.0160. The molecule has 0 radical (unpaired) electrons. The molecular formula is C16H13NO3. The maximum absolute atomic E-state index is 11.8. The van der Waals surface area contributed by atoms with Crippen LogP contribution in [0.3, 0.4) is 0 Å². The lowest BCUT2D eigenvalue weighted by Gasteiger charge is -2.08. The first-order valence-corrected chi connectivity index (χ1v) is 6.24. The Hall–Kier alpha value is -2.59. The molecule has 4 heteroatoms. The summed E-state index contributed by atoms with van der Waals surface area (Å²) in [5, 5.41) is 20.1. The predicted molar refractivity (Wildman–Crippen MR) is 77.6 cm³/mol. The smallest absolute Gasteiger partial charge is 0.255 e. The molecule has 1 heterocycles. The van der Waals surface area contributed by atoms with Crippen LogP contribution in [0.2, 0.25) is 0 Å². The van der Waals surface area contributed by atoms with Gasteiger partial charge >= 0.3 is 0 Å². The molecule has 0 bridgehead atoms. The Labute approximate surface area is 115 Å². The molecule has 0 atom stereocenters. The molecule has 0 aliphatic heterocycles. The van der Waals surface area contributed by atoms with Gasteiger partial charge in [0, 0.05) is 17.1 Å². The number of H-pyrrole nitrogens is 1. The van der Waals surface area contributed by atoms with Gasteiger partial charge in [-0.2, -0.15) is 0 Å². The van der Waals surface area contributed by atoms with Gasteiger partial charge in [0.25, 0.3) is 5.56 Å². The average molecular weight is 267 g/mol. The number of rotatable bonds is 2. The molecule has 0 spiro atoms. The van der Waals surface area contributed by atoms with Crippen molar-refractivity contribution < 1.29 is 10.2 Å². The number of phenolic OH excluding ortho intramolecular Hbond substituents is 1. The van der Waals surface area contributed by atoms with Crippen molar-refractivity contribution in [2.75, 3.05) is 0 Å². The van der Waals surface area contributed by atoms with Gasteiger partial charge < -0.3 is 15.2 Å². The maximum Gasteiger partial charge on any atom is 0.255 e. The van der Waals surface area contributed by atoms with E-state index in [1.54, 1.807) is 24.4 Å². The predicted octanol–water partition coefficient (Wildman–Crippen LogP) is 2.39. The van der Waals surface area contributed by atoms with E-state index in [1.807, 2.05) is 24.3 Å². The Morgan fingerprint density at radius 3 is 2.50 bits per heavy atom. The van der Waals surface area contributed by atoms with Crippen LogP contribution in [-0.4, -0.2) is 15.2 Å². The zero-order chi connectivity index (χ0) is 14.1. The quantitative estimate of drug-likeness (QED) is 0.667. The highest BCUT2D eigenvalue weighted by molar-refractivity contribution is 5.99. The van der Waals surface area contributed by atoms with Crippen molar-refractivity contribution in [3.63, 3.8) is 0 Å². The largest absolute Gasteiger partial charge is 0.507 e. The van der Waals surface area contributed by atoms with E-state index in [0.717, 1.165) is 16.7 Å². The van der Waals surface area contributed by atoms with Gasteiger partial charge in [-0.1, -0.05) is 30.3 Å². The topological polar surface area (TPSA) is 73.3 Å². The first-order chi connectivity index (χ1) is 9.70. The van der Waals surface area contributed by atoms with Crippen LogP contribution in [0.25, 0.3) is 21.9 Å². The fraction of sp³-hybridized carbons (Fsp3) is 0.0625. The van der Waals surface area contributed by atoms with Crippen LogP contribution in [-0.2, 0) is 6.61 Å². The molecule has 100 valence electrons. The Bertz CT molecular complexity index is 819. The van der Waals surface area contributed by atoms with Gasteiger partial charge in [-0.15, -0.1) is 0 Å². The van der Waals surface area contributed by atoms with Crippen molar-refractivity contribution in [3.05, 3.63) is 64.6 Å². The third-order valence-corrected chi connectivity index (χ3v) is 3.35. The van der Waals surface area contributed by atoms with Gasteiger partial charge in [0.15, 0.2) is 0 Å². The second kappa shape index (κ2) is 4.83. The molecule has 3 rings (SSSR count). The van der Waals surface area contributed by atoms with Gasteiger partial charge in [-0.25, -0.2) is 0 Å². The van der Waals surface area contributed by atoms with Gasteiger partial charge in [0.1, 0.15) is 5.75 Å². The molecule has 0 unspecified atom stereocenters. The number of nitrogens with one attached hydrogen (secondary N) is 1. The summed E-state index contributed by atoms with van der Waals surface area (Å²) in [6, 6.07) is 12.2. The van der Waals surface area contributed by atoms with Crippen LogP contribution in [0.1, 0.15) is 5.56 Å². The lowest BCUT2D eigenvalue weighted by atomic mass is 9.99. The molecule has 0 amide bonds. The van der Waals surface area contributed by atoms with Crippen molar-refractivity contribution in [1.82, 2.24) is 4.98 Å². The van der Waals surface area contributed by atoms with Crippen LogP contribution in [0.5, 0.6) is 5.75 Å². The third-order valence-electron chi connectivity index (χ3n) is 3.35. The SMILES string of the molecule is O=c1[nH]cc(-c2ccc(CO)cc2)c2c(O)cccc12. The van der Waals surface area contributed by atoms with Gasteiger partial charge in [-0.3, -0.25) is 4.79 Å². The van der Waals surface area contributed by atoms with Gasteiger partial charge in [-0.05, 0) is 23.3 Å². The van der Waals surface area contributed by atoms with Gasteiger partial charge in [0.2, 0.25) is 0 Å². The number of fused-ring (bicyclic) bond motifs is 1. The van der Waals surface area contributed by atoms with Crippen LogP contribution >= 0.6 is 0 Å². The Balaban J connectivity index is 2.30. The average Bonchev–Trinajstić information content (AvgIpc) is 2.49. The molecule has 20 heavy (non-hydrogen) atoms. The van der Waals surface area contributed by atoms with Crippen molar-refractivity contribution >= 4 is 10.8 Å². The van der Waals surface area contributed by atoms with Crippen LogP contribution in [0.15, 0.2) is 53.5 Å². The van der Waals surface area contributed by atoms with Crippen molar-refractivity contribution in [1.29, 1.82) is 0 Å². The number of aromatic nitrogens is 1. The van der Waals surface area contributed by atoms with Crippen LogP contribution in [0, 0.1) is 0 Å². The van der Waals surface area contributed by atoms with Crippen molar-refractivity contribution in [3.8, 4) is 16.9 Å². The summed E-state index contributed by atoms with van der Waals surface area (Å²) < 4.78 is 0. The van der Waals surface area contributed by atoms with E-state index in [2.05, 4.69) is 4.98 Å². The Morgan fingerprint density at radius 1 is 1.05 bits per heavy atom. The molecule has 4 nitrogen and oxygen atoms in total. The summed E-state index contributed by atoms with van der Waals surface area (Å²) in [5.41, 5.74) is 2.20. The Kier molecular flexibility index (Phi) is 3.00. The van der Waals surface area contributed by atoms with Crippen LogP contribution in [0.4, 0.5) is 0 Å². The number of pyridine rings is 1. The summed E-state index contributed by atoms with van der Waals surface area (Å²) in [4.78, 5) is 14.5. The number of phenols is 1. The third kappa shape index (κ3) is 1.96. The van der Waals surface area contributed by atoms with E-state index in [-0.39, 0.29) is 17.9 Å². The molecule has 0 aliphatic carbocycles. The zero-order valence-electron chi connectivity index (χ0n) is 10.6. The Morgan fingerprint density at radius 2 is 1.80 bits per heavy atom. The molecule has 0 aliphatic rings. The van der Waals surface area contributed by atoms with E-state index in [0.29, 0.717) is 10.8 Å². The van der Waals surface area contributed by atoms with Crippen molar-refractivity contribution in [2.24, 2.45) is 0 Å². The minimum Gasteiger partial charge on any atom is -0.507 e. The normalized spacial score (nSPS) is 10.8. The molecule has 3 N–H and O–H groups in total. The highest BCUT2D eigenvalue weighted by Gasteiger charge is 2.10. The van der Waals surface area contributed by atoms with Crippen LogP contribution < -0.4 is 5.56 Å². The molecule has 2 aromatic carbocycles. The number of hydrogen-bond acceptors (Lipinski definition) is 3. The molecule has 0 saturated carbocycles. The highest BCUT2D eigenvalue weighted by atomic mass is 16.3. The number of aromatic hydroxyl groups is 1. The number of benzene rings is 2. The molecule has 0 saturated heterocycles. The number of hydrogen-bond donors (Lipinski definition) is 3. The number of aliphatic hydroxyl groups excluding tert-OH is 1. The molecule has 3 aromatic rings. The van der Waals surface area contributed by atoms with Crippen molar-refractivity contribution in [2.45, 2.75) is 6.61 Å². The van der Waals surface area contributed by atoms with E-state index < -0.39 is 0 Å². The standard InChI is InChI=1S/C16H13NO3/c18-9-10-4-6-11(7-5-10)13-8-17-16(20)12-2-1-3-14(19)15(12)13/h1-8,18-19H,9H2,(H,17,20). The summed E-state index contributed by atoms with van der Waals surface area (Å²) >= 11 is 0. The second-order valence-electron chi connectivity index (χ2n) is 4.59. The highest BCUT2D eigenvalue weighted by Crippen LogP contribution is 2.32. The monoisotopic (exact) mass is 267 g/mol. The number of aromatic amines is 1. The summed E-state index contributed by atoms with van der Waals surface area (Å²) in [6.07, 6.45) is 1.60. The van der Waals surface area contributed by atoms with E-state index in [1.165, 1.54) is 0 Å². The van der Waals surface area contributed by atoms with E-state index in [4.69, 9.17) is 5.11 Å². The van der Waals surface area contributed by atoms with Gasteiger partial charge in [0.05, 0.1) is 12.0 Å². The zero-order valence-corrected chi connectivity index (χ0v) is 10.6. The lowest BCUT2D eigenvalue weighted by molar-refractivity contribution is 0.282. The summed E-state index contributed by atoms with van der Waals surface area (Å²) in [5.74, 6) is 0.0786. The fourth-order valence-corrected chi connectivity index (χ4v) is 2.32. The molecule has 0 fully saturated rings. The lowest BCUT2D eigenvalue weighted by Crippen LogP contribution is -2.05. The fourth-order valence-electron chi connectivity index (χ4n) is 2.32. The molecule has 1 aromatic heterocycles.